The van der Waals surface area contributed by atoms with Crippen molar-refractivity contribution in [2.45, 2.75) is 6.61 Å². The zero-order valence-electron chi connectivity index (χ0n) is 9.67. The molecule has 0 fully saturated rings. The van der Waals surface area contributed by atoms with Crippen LogP contribution < -0.4 is 10.5 Å². The van der Waals surface area contributed by atoms with Gasteiger partial charge in [-0.05, 0) is 6.07 Å². The fraction of sp³-hybridized carbons (Fsp3) is 0.0909. The molecule has 0 aliphatic rings. The summed E-state index contributed by atoms with van der Waals surface area (Å²) in [7, 11) is 0. The van der Waals surface area contributed by atoms with Gasteiger partial charge in [0.2, 0.25) is 0 Å². The van der Waals surface area contributed by atoms with Crippen LogP contribution in [0.25, 0.3) is 11.2 Å². The summed E-state index contributed by atoms with van der Waals surface area (Å²) in [5, 5.41) is 10.8. The fourth-order valence-electron chi connectivity index (χ4n) is 1.61. The van der Waals surface area contributed by atoms with Crippen molar-refractivity contribution in [2.24, 2.45) is 0 Å². The van der Waals surface area contributed by atoms with Crippen molar-refractivity contribution in [1.29, 1.82) is 0 Å². The van der Waals surface area contributed by atoms with Crippen LogP contribution in [0.2, 0.25) is 5.02 Å². The number of aromatic nitrogens is 5. The second-order valence-electron chi connectivity index (χ2n) is 3.81. The lowest BCUT2D eigenvalue weighted by Crippen LogP contribution is -1.99. The first kappa shape index (κ1) is 11.7. The normalized spacial score (nSPS) is 10.8. The molecule has 3 heterocycles. The van der Waals surface area contributed by atoms with Crippen molar-refractivity contribution in [3.05, 3.63) is 35.1 Å². The molecule has 0 atom stereocenters. The second kappa shape index (κ2) is 4.69. The van der Waals surface area contributed by atoms with E-state index >= 15 is 0 Å². The number of halogens is 1. The van der Waals surface area contributed by atoms with Gasteiger partial charge < -0.3 is 10.5 Å². The highest BCUT2D eigenvalue weighted by Crippen LogP contribution is 2.24. The zero-order chi connectivity index (χ0) is 13.2. The summed E-state index contributed by atoms with van der Waals surface area (Å²) in [5.41, 5.74) is 7.45. The van der Waals surface area contributed by atoms with Gasteiger partial charge in [0.25, 0.3) is 0 Å². The number of pyridine rings is 2. The summed E-state index contributed by atoms with van der Waals surface area (Å²) < 4.78 is 5.66. The molecule has 19 heavy (non-hydrogen) atoms. The van der Waals surface area contributed by atoms with Gasteiger partial charge in [-0.2, -0.15) is 0 Å². The minimum Gasteiger partial charge on any atom is -0.486 e. The molecular weight excluding hydrogens is 268 g/mol. The lowest BCUT2D eigenvalue weighted by atomic mass is 10.3. The number of H-pyrrole nitrogens is 1. The molecule has 0 saturated heterocycles. The highest BCUT2D eigenvalue weighted by atomic mass is 35.5. The van der Waals surface area contributed by atoms with E-state index < -0.39 is 0 Å². The van der Waals surface area contributed by atoms with Gasteiger partial charge in [0.05, 0.1) is 5.02 Å². The SMILES string of the molecule is Nc1cc(OCc2cnccc2Cl)c2nn[nH]c2n1. The third-order valence-electron chi connectivity index (χ3n) is 2.51. The number of fused-ring (bicyclic) bond motifs is 1. The minimum absolute atomic E-state index is 0.262. The number of nitrogen functional groups attached to an aromatic ring is 1. The average molecular weight is 277 g/mol. The number of ether oxygens (including phenoxy) is 1. The largest absolute Gasteiger partial charge is 0.486 e. The summed E-state index contributed by atoms with van der Waals surface area (Å²) in [6, 6.07) is 3.29. The summed E-state index contributed by atoms with van der Waals surface area (Å²) in [4.78, 5) is 8.04. The van der Waals surface area contributed by atoms with Crippen LogP contribution in [0, 0.1) is 0 Å². The number of nitrogens with two attached hydrogens (primary N) is 1. The fourth-order valence-corrected chi connectivity index (χ4v) is 1.77. The topological polar surface area (TPSA) is 103 Å². The molecule has 3 rings (SSSR count). The van der Waals surface area contributed by atoms with Gasteiger partial charge >= 0.3 is 0 Å². The van der Waals surface area contributed by atoms with Crippen LogP contribution in [0.1, 0.15) is 5.56 Å². The lowest BCUT2D eigenvalue weighted by Gasteiger charge is -2.07. The molecule has 0 radical (unpaired) electrons. The number of aromatic amines is 1. The molecule has 96 valence electrons. The van der Waals surface area contributed by atoms with Crippen LogP contribution in [0.15, 0.2) is 24.5 Å². The molecule has 3 aromatic rings. The van der Waals surface area contributed by atoms with Crippen molar-refractivity contribution < 1.29 is 4.74 Å². The molecule has 0 aliphatic carbocycles. The molecule has 7 nitrogen and oxygen atoms in total. The smallest absolute Gasteiger partial charge is 0.181 e. The van der Waals surface area contributed by atoms with E-state index in [1.807, 2.05) is 0 Å². The van der Waals surface area contributed by atoms with E-state index in [-0.39, 0.29) is 6.61 Å². The predicted molar refractivity (Wildman–Crippen MR) is 69.7 cm³/mol. The molecule has 0 aromatic carbocycles. The Morgan fingerprint density at radius 1 is 1.42 bits per heavy atom. The number of hydrogen-bond acceptors (Lipinski definition) is 6. The van der Waals surface area contributed by atoms with Gasteiger partial charge in [-0.15, -0.1) is 5.10 Å². The molecule has 0 amide bonds. The average Bonchev–Trinajstić information content (AvgIpc) is 2.85. The van der Waals surface area contributed by atoms with E-state index in [4.69, 9.17) is 22.1 Å². The van der Waals surface area contributed by atoms with Gasteiger partial charge in [0.1, 0.15) is 12.4 Å². The van der Waals surface area contributed by atoms with Crippen molar-refractivity contribution in [3.8, 4) is 5.75 Å². The van der Waals surface area contributed by atoms with Gasteiger partial charge in [0.15, 0.2) is 16.9 Å². The Hall–Kier alpha value is -2.41. The Morgan fingerprint density at radius 3 is 3.16 bits per heavy atom. The molecule has 8 heteroatoms. The van der Waals surface area contributed by atoms with E-state index in [0.717, 1.165) is 5.56 Å². The van der Waals surface area contributed by atoms with E-state index in [1.54, 1.807) is 24.5 Å². The Balaban J connectivity index is 1.90. The van der Waals surface area contributed by atoms with Crippen LogP contribution in [0.5, 0.6) is 5.75 Å². The van der Waals surface area contributed by atoms with E-state index in [2.05, 4.69) is 25.4 Å². The number of anilines is 1. The zero-order valence-corrected chi connectivity index (χ0v) is 10.4. The monoisotopic (exact) mass is 276 g/mol. The summed E-state index contributed by atoms with van der Waals surface area (Å²) >= 11 is 6.03. The first-order valence-corrected chi connectivity index (χ1v) is 5.80. The van der Waals surface area contributed by atoms with Crippen molar-refractivity contribution in [3.63, 3.8) is 0 Å². The van der Waals surface area contributed by atoms with Crippen LogP contribution in [0.4, 0.5) is 5.82 Å². The maximum absolute atomic E-state index is 6.03. The summed E-state index contributed by atoms with van der Waals surface area (Å²) in [6.45, 7) is 0.262. The predicted octanol–water partition coefficient (Wildman–Crippen LogP) is 1.56. The second-order valence-corrected chi connectivity index (χ2v) is 4.22. The molecule has 0 unspecified atom stereocenters. The molecule has 0 bridgehead atoms. The Kier molecular flexibility index (Phi) is 2.88. The Morgan fingerprint density at radius 2 is 2.32 bits per heavy atom. The molecular formula is C11H9ClN6O. The van der Waals surface area contributed by atoms with Crippen LogP contribution in [0.3, 0.4) is 0 Å². The highest BCUT2D eigenvalue weighted by Gasteiger charge is 2.10. The van der Waals surface area contributed by atoms with Crippen molar-refractivity contribution in [1.82, 2.24) is 25.4 Å². The third-order valence-corrected chi connectivity index (χ3v) is 2.88. The minimum atomic E-state index is 0.262. The van der Waals surface area contributed by atoms with Crippen LogP contribution >= 0.6 is 11.6 Å². The van der Waals surface area contributed by atoms with Crippen LogP contribution in [-0.2, 0) is 6.61 Å². The molecule has 0 aliphatic heterocycles. The van der Waals surface area contributed by atoms with Gasteiger partial charge in [-0.25, -0.2) is 10.1 Å². The maximum atomic E-state index is 6.03. The van der Waals surface area contributed by atoms with Crippen LogP contribution in [-0.4, -0.2) is 25.4 Å². The van der Waals surface area contributed by atoms with Gasteiger partial charge in [0, 0.05) is 24.0 Å². The van der Waals surface area contributed by atoms with E-state index in [9.17, 15) is 0 Å². The summed E-state index contributed by atoms with van der Waals surface area (Å²) in [6.07, 6.45) is 3.26. The maximum Gasteiger partial charge on any atom is 0.181 e. The van der Waals surface area contributed by atoms with Crippen molar-refractivity contribution >= 4 is 28.6 Å². The van der Waals surface area contributed by atoms with Gasteiger partial charge in [-0.3, -0.25) is 4.98 Å². The third kappa shape index (κ3) is 2.27. The Bertz CT molecular complexity index is 728. The molecule has 0 saturated carbocycles. The highest BCUT2D eigenvalue weighted by molar-refractivity contribution is 6.31. The first-order valence-electron chi connectivity index (χ1n) is 5.42. The summed E-state index contributed by atoms with van der Waals surface area (Å²) in [5.74, 6) is 0.821. The van der Waals surface area contributed by atoms with Crippen molar-refractivity contribution in [2.75, 3.05) is 5.73 Å². The molecule has 0 spiro atoms. The standard InChI is InChI=1S/C11H9ClN6O/c12-7-1-2-14-4-6(7)5-19-8-3-9(13)15-11-10(8)16-18-17-11/h1-4H,5H2,(H3,13,15,16,17,18). The quantitative estimate of drug-likeness (QED) is 0.752. The molecule has 3 aromatic heterocycles. The number of rotatable bonds is 3. The Labute approximate surface area is 112 Å². The number of hydrogen-bond donors (Lipinski definition) is 2. The van der Waals surface area contributed by atoms with E-state index in [1.165, 1.54) is 0 Å². The molecule has 3 N–H and O–H groups in total. The number of nitrogens with one attached hydrogen (secondary N) is 1. The first-order chi connectivity index (χ1) is 9.24. The van der Waals surface area contributed by atoms with E-state index in [0.29, 0.717) is 27.8 Å². The number of nitrogens with zero attached hydrogens (tertiary/aromatic N) is 4. The van der Waals surface area contributed by atoms with Gasteiger partial charge in [-0.1, -0.05) is 16.8 Å². The lowest BCUT2D eigenvalue weighted by molar-refractivity contribution is 0.309.